The number of rotatable bonds is 0. The number of cyclic esters (lactones) is 2. The number of allylic oxidation sites excluding steroid dienone is 2. The Kier molecular flexibility index (Phi) is 2.29. The molecule has 0 aromatic rings. The predicted octanol–water partition coefficient (Wildman–Crippen LogP) is 3.13. The summed E-state index contributed by atoms with van der Waals surface area (Å²) >= 11 is 1.76. The van der Waals surface area contributed by atoms with Gasteiger partial charge in [0.2, 0.25) is 0 Å². The van der Waals surface area contributed by atoms with Gasteiger partial charge in [-0.1, -0.05) is 13.8 Å². The van der Waals surface area contributed by atoms with Gasteiger partial charge in [0.25, 0.3) is 0 Å². The van der Waals surface area contributed by atoms with Gasteiger partial charge in [0.15, 0.2) is 0 Å². The molecule has 0 aromatic carbocycles. The third-order valence-electron chi connectivity index (χ3n) is 4.67. The molecule has 0 aromatic heterocycles. The lowest BCUT2D eigenvalue weighted by molar-refractivity contribution is -0.151. The lowest BCUT2D eigenvalue weighted by Crippen LogP contribution is -2.44. The fourth-order valence-electron chi connectivity index (χ4n) is 3.35. The fraction of sp³-hybridized carbons (Fsp3) is 0.467. The van der Waals surface area contributed by atoms with E-state index in [2.05, 4.69) is 19.9 Å². The van der Waals surface area contributed by atoms with Crippen LogP contribution in [-0.2, 0) is 14.3 Å². The standard InChI is InChI=1S/C15H16O3S/c1-7-6-9-8(2)10-11(13(17)18-12(10)16)14(3,4)15(9,5)19-7/h6H,1-5H3/t15-/m1/s1. The monoisotopic (exact) mass is 276 g/mol. The topological polar surface area (TPSA) is 43.4 Å². The summed E-state index contributed by atoms with van der Waals surface area (Å²) in [5.41, 5.74) is 2.62. The lowest BCUT2D eigenvalue weighted by Gasteiger charge is -2.45. The van der Waals surface area contributed by atoms with E-state index in [1.165, 1.54) is 4.91 Å². The highest BCUT2D eigenvalue weighted by Crippen LogP contribution is 2.63. The lowest BCUT2D eigenvalue weighted by atomic mass is 9.63. The first-order valence-corrected chi connectivity index (χ1v) is 7.12. The van der Waals surface area contributed by atoms with E-state index in [1.807, 2.05) is 20.8 Å². The average Bonchev–Trinajstić information content (AvgIpc) is 2.75. The van der Waals surface area contributed by atoms with E-state index < -0.39 is 17.4 Å². The maximum Gasteiger partial charge on any atom is 0.346 e. The minimum Gasteiger partial charge on any atom is -0.386 e. The molecular formula is C15H16O3S. The average molecular weight is 276 g/mol. The number of carbonyl (C=O) groups is 2. The number of hydrogen-bond acceptors (Lipinski definition) is 4. The van der Waals surface area contributed by atoms with Crippen molar-refractivity contribution in [3.63, 3.8) is 0 Å². The molecule has 100 valence electrons. The van der Waals surface area contributed by atoms with E-state index in [0.29, 0.717) is 11.1 Å². The van der Waals surface area contributed by atoms with Gasteiger partial charge in [-0.25, -0.2) is 9.59 Å². The molecule has 0 amide bonds. The molecule has 2 aliphatic heterocycles. The van der Waals surface area contributed by atoms with Crippen molar-refractivity contribution in [1.29, 1.82) is 0 Å². The smallest absolute Gasteiger partial charge is 0.346 e. The Morgan fingerprint density at radius 1 is 1.11 bits per heavy atom. The first-order valence-electron chi connectivity index (χ1n) is 6.30. The third-order valence-corrected chi connectivity index (χ3v) is 6.25. The number of carbonyl (C=O) groups excluding carboxylic acids is 2. The van der Waals surface area contributed by atoms with Crippen molar-refractivity contribution in [1.82, 2.24) is 0 Å². The summed E-state index contributed by atoms with van der Waals surface area (Å²) in [4.78, 5) is 25.2. The van der Waals surface area contributed by atoms with E-state index in [1.54, 1.807) is 11.8 Å². The van der Waals surface area contributed by atoms with Crippen LogP contribution in [0.1, 0.15) is 34.6 Å². The molecule has 0 bridgehead atoms. The van der Waals surface area contributed by atoms with Crippen molar-refractivity contribution in [2.75, 3.05) is 0 Å². The fourth-order valence-corrected chi connectivity index (χ4v) is 4.85. The Balaban J connectivity index is 2.36. The van der Waals surface area contributed by atoms with Crippen LogP contribution in [0.4, 0.5) is 0 Å². The SMILES string of the molecule is CC1=CC2=C(C)C3=C(C(=O)OC3=O)C(C)(C)[C@]2(C)S1. The molecule has 0 fully saturated rings. The molecule has 3 nitrogen and oxygen atoms in total. The molecule has 0 N–H and O–H groups in total. The summed E-state index contributed by atoms with van der Waals surface area (Å²) < 4.78 is 4.62. The second-order valence-corrected chi connectivity index (χ2v) is 7.65. The first-order chi connectivity index (χ1) is 8.70. The van der Waals surface area contributed by atoms with Gasteiger partial charge in [-0.05, 0) is 42.9 Å². The Labute approximate surface area is 116 Å². The van der Waals surface area contributed by atoms with Gasteiger partial charge < -0.3 is 4.74 Å². The van der Waals surface area contributed by atoms with E-state index in [-0.39, 0.29) is 4.75 Å². The van der Waals surface area contributed by atoms with Gasteiger partial charge in [0.1, 0.15) is 0 Å². The highest BCUT2D eigenvalue weighted by Gasteiger charge is 2.58. The highest BCUT2D eigenvalue weighted by molar-refractivity contribution is 8.04. The Morgan fingerprint density at radius 3 is 2.37 bits per heavy atom. The van der Waals surface area contributed by atoms with Crippen molar-refractivity contribution in [3.05, 3.63) is 33.3 Å². The van der Waals surface area contributed by atoms with E-state index in [0.717, 1.165) is 11.1 Å². The number of hydrogen-bond donors (Lipinski definition) is 0. The van der Waals surface area contributed by atoms with Crippen LogP contribution >= 0.6 is 11.8 Å². The summed E-state index contributed by atoms with van der Waals surface area (Å²) in [6.07, 6.45) is 2.13. The molecule has 3 rings (SSSR count). The quantitative estimate of drug-likeness (QED) is 0.503. The maximum absolute atomic E-state index is 12.0. The molecule has 0 radical (unpaired) electrons. The van der Waals surface area contributed by atoms with Crippen molar-refractivity contribution < 1.29 is 14.3 Å². The summed E-state index contributed by atoms with van der Waals surface area (Å²) in [5, 5.41) is 0. The molecule has 1 atom stereocenters. The Morgan fingerprint density at radius 2 is 1.74 bits per heavy atom. The Bertz CT molecular complexity index is 634. The molecule has 0 saturated carbocycles. The summed E-state index contributed by atoms with van der Waals surface area (Å²) in [5.74, 6) is -0.974. The molecule has 0 unspecified atom stereocenters. The number of thioether (sulfide) groups is 1. The van der Waals surface area contributed by atoms with Gasteiger partial charge in [-0.2, -0.15) is 0 Å². The van der Waals surface area contributed by atoms with Gasteiger partial charge in [0.05, 0.1) is 15.9 Å². The van der Waals surface area contributed by atoms with E-state index in [4.69, 9.17) is 4.74 Å². The van der Waals surface area contributed by atoms with E-state index >= 15 is 0 Å². The van der Waals surface area contributed by atoms with Crippen LogP contribution in [0.2, 0.25) is 0 Å². The van der Waals surface area contributed by atoms with Crippen molar-refractivity contribution >= 4 is 23.7 Å². The number of ether oxygens (including phenoxy) is 1. The zero-order chi connectivity index (χ0) is 14.2. The normalized spacial score (nSPS) is 32.4. The number of fused-ring (bicyclic) bond motifs is 1. The van der Waals surface area contributed by atoms with E-state index in [9.17, 15) is 9.59 Å². The second-order valence-electron chi connectivity index (χ2n) is 5.98. The van der Waals surface area contributed by atoms with Crippen molar-refractivity contribution in [2.45, 2.75) is 39.4 Å². The van der Waals surface area contributed by atoms with Crippen molar-refractivity contribution in [3.8, 4) is 0 Å². The number of esters is 2. The molecule has 0 spiro atoms. The van der Waals surface area contributed by atoms with Gasteiger partial charge in [-0.15, -0.1) is 11.8 Å². The summed E-state index contributed by atoms with van der Waals surface area (Å²) in [6, 6.07) is 0. The molecular weight excluding hydrogens is 260 g/mol. The van der Waals surface area contributed by atoms with Crippen LogP contribution in [0.5, 0.6) is 0 Å². The summed E-state index contributed by atoms with van der Waals surface area (Å²) in [6.45, 7) is 10.2. The largest absolute Gasteiger partial charge is 0.386 e. The second kappa shape index (κ2) is 3.42. The maximum atomic E-state index is 12.0. The minimum absolute atomic E-state index is 0.219. The zero-order valence-electron chi connectivity index (χ0n) is 11.7. The minimum atomic E-state index is -0.497. The molecule has 1 aliphatic carbocycles. The Hall–Kier alpha value is -1.29. The van der Waals surface area contributed by atoms with Gasteiger partial charge >= 0.3 is 11.9 Å². The van der Waals surface area contributed by atoms with Crippen LogP contribution in [0.3, 0.4) is 0 Å². The summed E-state index contributed by atoms with van der Waals surface area (Å²) in [7, 11) is 0. The van der Waals surface area contributed by atoms with Crippen LogP contribution in [0.25, 0.3) is 0 Å². The predicted molar refractivity (Wildman–Crippen MR) is 74.4 cm³/mol. The first kappa shape index (κ1) is 12.7. The molecule has 19 heavy (non-hydrogen) atoms. The molecule has 3 aliphatic rings. The van der Waals surface area contributed by atoms with Crippen LogP contribution < -0.4 is 0 Å². The third kappa shape index (κ3) is 1.30. The molecule has 4 heteroatoms. The van der Waals surface area contributed by atoms with Crippen LogP contribution in [0, 0.1) is 5.41 Å². The van der Waals surface area contributed by atoms with Crippen molar-refractivity contribution in [2.24, 2.45) is 5.41 Å². The van der Waals surface area contributed by atoms with Crippen LogP contribution in [0.15, 0.2) is 33.3 Å². The van der Waals surface area contributed by atoms with Gasteiger partial charge in [0, 0.05) is 5.41 Å². The van der Waals surface area contributed by atoms with Crippen LogP contribution in [-0.4, -0.2) is 16.7 Å². The highest BCUT2D eigenvalue weighted by atomic mass is 32.2. The van der Waals surface area contributed by atoms with Gasteiger partial charge in [-0.3, -0.25) is 0 Å². The zero-order valence-corrected chi connectivity index (χ0v) is 12.5. The molecule has 0 saturated heterocycles. The molecule has 2 heterocycles.